The van der Waals surface area contributed by atoms with Gasteiger partial charge in [-0.1, -0.05) is 24.3 Å². The van der Waals surface area contributed by atoms with Gasteiger partial charge in [0.2, 0.25) is 10.0 Å². The maximum atomic E-state index is 12.3. The normalized spacial score (nSPS) is 17.9. The molecule has 1 fully saturated rings. The van der Waals surface area contributed by atoms with Crippen molar-refractivity contribution in [1.82, 2.24) is 4.72 Å². The van der Waals surface area contributed by atoms with Crippen LogP contribution in [0.3, 0.4) is 0 Å². The molecular formula is C17H23NO3S. The maximum absolute atomic E-state index is 12.3. The van der Waals surface area contributed by atoms with E-state index < -0.39 is 10.0 Å². The van der Waals surface area contributed by atoms with Gasteiger partial charge in [-0.15, -0.1) is 0 Å². The first-order chi connectivity index (χ1) is 10.6. The Hall–Kier alpha value is -1.17. The Kier molecular flexibility index (Phi) is 4.96. The summed E-state index contributed by atoms with van der Waals surface area (Å²) in [6, 6.07) is 7.96. The van der Waals surface area contributed by atoms with Crippen molar-refractivity contribution in [2.45, 2.75) is 32.1 Å². The van der Waals surface area contributed by atoms with E-state index in [1.807, 2.05) is 18.2 Å². The van der Waals surface area contributed by atoms with Crippen molar-refractivity contribution in [3.63, 3.8) is 0 Å². The molecule has 3 rings (SSSR count). The topological polar surface area (TPSA) is 55.4 Å². The van der Waals surface area contributed by atoms with Gasteiger partial charge in [-0.05, 0) is 55.2 Å². The number of sulfonamides is 1. The molecule has 2 aliphatic rings. The van der Waals surface area contributed by atoms with Gasteiger partial charge in [-0.2, -0.15) is 0 Å². The van der Waals surface area contributed by atoms with Gasteiger partial charge >= 0.3 is 0 Å². The summed E-state index contributed by atoms with van der Waals surface area (Å²) < 4.78 is 32.9. The minimum absolute atomic E-state index is 0.436. The summed E-state index contributed by atoms with van der Waals surface area (Å²) in [6.45, 7) is 1.89. The Labute approximate surface area is 132 Å². The summed E-state index contributed by atoms with van der Waals surface area (Å²) in [5, 5.41) is 0. The molecule has 0 spiro atoms. The second kappa shape index (κ2) is 6.94. The Morgan fingerprint density at radius 3 is 2.82 bits per heavy atom. The van der Waals surface area contributed by atoms with Gasteiger partial charge in [0.15, 0.2) is 0 Å². The third kappa shape index (κ3) is 4.18. The van der Waals surface area contributed by atoms with Gasteiger partial charge in [0.05, 0.1) is 4.91 Å². The number of aryl methyl sites for hydroxylation is 1. The third-order valence-corrected chi connectivity index (χ3v) is 5.76. The van der Waals surface area contributed by atoms with Gasteiger partial charge in [-0.25, -0.2) is 13.1 Å². The molecule has 120 valence electrons. The van der Waals surface area contributed by atoms with Crippen LogP contribution in [0, 0.1) is 5.92 Å². The molecule has 0 bridgehead atoms. The molecule has 1 saturated carbocycles. The molecule has 0 heterocycles. The van der Waals surface area contributed by atoms with Crippen molar-refractivity contribution in [3.05, 3.63) is 40.3 Å². The monoisotopic (exact) mass is 321 g/mol. The molecule has 0 unspecified atom stereocenters. The fourth-order valence-corrected chi connectivity index (χ4v) is 3.88. The zero-order valence-corrected chi connectivity index (χ0v) is 13.6. The first-order valence-corrected chi connectivity index (χ1v) is 9.49. The number of hydrogen-bond donors (Lipinski definition) is 1. The molecule has 0 aromatic heterocycles. The zero-order valence-electron chi connectivity index (χ0n) is 12.8. The van der Waals surface area contributed by atoms with Crippen LogP contribution in [-0.4, -0.2) is 28.2 Å². The van der Waals surface area contributed by atoms with Crippen molar-refractivity contribution in [2.24, 2.45) is 5.92 Å². The summed E-state index contributed by atoms with van der Waals surface area (Å²) in [6.07, 6.45) is 6.43. The van der Waals surface area contributed by atoms with Gasteiger partial charge < -0.3 is 4.74 Å². The molecular weight excluding hydrogens is 298 g/mol. The van der Waals surface area contributed by atoms with E-state index in [2.05, 4.69) is 10.8 Å². The number of nitrogens with one attached hydrogen (secondary N) is 1. The van der Waals surface area contributed by atoms with Crippen molar-refractivity contribution >= 4 is 16.1 Å². The molecule has 0 saturated heterocycles. The van der Waals surface area contributed by atoms with Crippen LogP contribution in [0.25, 0.3) is 6.08 Å². The van der Waals surface area contributed by atoms with E-state index in [1.165, 1.54) is 18.4 Å². The predicted molar refractivity (Wildman–Crippen MR) is 87.8 cm³/mol. The van der Waals surface area contributed by atoms with Crippen LogP contribution in [0.2, 0.25) is 0 Å². The molecule has 1 aromatic carbocycles. The molecule has 0 atom stereocenters. The van der Waals surface area contributed by atoms with Crippen LogP contribution in [0.5, 0.6) is 0 Å². The van der Waals surface area contributed by atoms with Gasteiger partial charge in [0, 0.05) is 19.8 Å². The lowest BCUT2D eigenvalue weighted by molar-refractivity contribution is 0.123. The van der Waals surface area contributed by atoms with E-state index in [1.54, 1.807) is 6.08 Å². The molecule has 0 amide bonds. The van der Waals surface area contributed by atoms with Gasteiger partial charge in [-0.3, -0.25) is 0 Å². The lowest BCUT2D eigenvalue weighted by atomic mass is 9.98. The van der Waals surface area contributed by atoms with Crippen LogP contribution < -0.4 is 4.72 Å². The Morgan fingerprint density at radius 2 is 2.00 bits per heavy atom. The third-order valence-electron chi connectivity index (χ3n) is 4.17. The Balaban J connectivity index is 1.49. The lowest BCUT2D eigenvalue weighted by Crippen LogP contribution is -2.27. The number of rotatable bonds is 8. The summed E-state index contributed by atoms with van der Waals surface area (Å²) in [5.74, 6) is 0.754. The summed E-state index contributed by atoms with van der Waals surface area (Å²) in [7, 11) is -3.36. The van der Waals surface area contributed by atoms with Crippen molar-refractivity contribution in [1.29, 1.82) is 0 Å². The first-order valence-electron chi connectivity index (χ1n) is 8.01. The second-order valence-corrected chi connectivity index (χ2v) is 7.90. The van der Waals surface area contributed by atoms with E-state index >= 15 is 0 Å². The maximum Gasteiger partial charge on any atom is 0.236 e. The summed E-state index contributed by atoms with van der Waals surface area (Å²) >= 11 is 0. The van der Waals surface area contributed by atoms with Crippen molar-refractivity contribution in [2.75, 3.05) is 19.8 Å². The number of ether oxygens (including phenoxy) is 1. The van der Waals surface area contributed by atoms with Crippen molar-refractivity contribution < 1.29 is 13.2 Å². The molecule has 0 radical (unpaired) electrons. The van der Waals surface area contributed by atoms with E-state index in [4.69, 9.17) is 4.74 Å². The van der Waals surface area contributed by atoms with Crippen LogP contribution in [0.15, 0.2) is 29.2 Å². The number of fused-ring (bicyclic) bond motifs is 1. The zero-order chi connectivity index (χ0) is 15.4. The highest BCUT2D eigenvalue weighted by Crippen LogP contribution is 2.29. The van der Waals surface area contributed by atoms with E-state index in [-0.39, 0.29) is 0 Å². The highest BCUT2D eigenvalue weighted by molar-refractivity contribution is 7.93. The smallest absolute Gasteiger partial charge is 0.236 e. The Bertz CT molecular complexity index is 648. The molecule has 5 heteroatoms. The first kappa shape index (κ1) is 15.7. The van der Waals surface area contributed by atoms with E-state index in [0.717, 1.165) is 30.9 Å². The van der Waals surface area contributed by atoms with E-state index in [0.29, 0.717) is 24.5 Å². The standard InChI is InChI=1S/C17H23NO3S/c19-22(20,18-10-3-11-21-13-14-6-7-14)17-9-8-15-4-1-2-5-16(15)12-17/h1-2,4-5,12,14,18H,3,6-11,13H2. The SMILES string of the molecule is O=S(=O)(NCCCOCC1CC1)C1=Cc2ccccc2CC1. The van der Waals surface area contributed by atoms with Crippen LogP contribution >= 0.6 is 0 Å². The lowest BCUT2D eigenvalue weighted by Gasteiger charge is -2.17. The number of allylic oxidation sites excluding steroid dienone is 1. The van der Waals surface area contributed by atoms with Gasteiger partial charge in [0.1, 0.15) is 0 Å². The number of benzene rings is 1. The highest BCUT2D eigenvalue weighted by atomic mass is 32.2. The summed E-state index contributed by atoms with van der Waals surface area (Å²) in [5.41, 5.74) is 2.23. The molecule has 2 aliphatic carbocycles. The molecule has 4 nitrogen and oxygen atoms in total. The average Bonchev–Trinajstić information content (AvgIpc) is 3.34. The molecule has 0 aliphatic heterocycles. The molecule has 22 heavy (non-hydrogen) atoms. The molecule has 1 aromatic rings. The molecule has 1 N–H and O–H groups in total. The quantitative estimate of drug-likeness (QED) is 0.749. The fraction of sp³-hybridized carbons (Fsp3) is 0.529. The minimum Gasteiger partial charge on any atom is -0.381 e. The van der Waals surface area contributed by atoms with Crippen molar-refractivity contribution in [3.8, 4) is 0 Å². The average molecular weight is 321 g/mol. The number of hydrogen-bond acceptors (Lipinski definition) is 3. The van der Waals surface area contributed by atoms with Crippen LogP contribution in [0.1, 0.15) is 36.8 Å². The Morgan fingerprint density at radius 1 is 1.18 bits per heavy atom. The van der Waals surface area contributed by atoms with Crippen LogP contribution in [0.4, 0.5) is 0 Å². The largest absolute Gasteiger partial charge is 0.381 e. The second-order valence-electron chi connectivity index (χ2n) is 6.08. The van der Waals surface area contributed by atoms with Gasteiger partial charge in [0.25, 0.3) is 0 Å². The fourth-order valence-electron chi connectivity index (χ4n) is 2.63. The highest BCUT2D eigenvalue weighted by Gasteiger charge is 2.22. The van der Waals surface area contributed by atoms with Crippen LogP contribution in [-0.2, 0) is 21.2 Å². The summed E-state index contributed by atoms with van der Waals surface area (Å²) in [4.78, 5) is 0.491. The van der Waals surface area contributed by atoms with E-state index in [9.17, 15) is 8.42 Å². The minimum atomic E-state index is -3.36. The predicted octanol–water partition coefficient (Wildman–Crippen LogP) is 2.71.